The van der Waals surface area contributed by atoms with E-state index >= 15 is 0 Å². The van der Waals surface area contributed by atoms with Gasteiger partial charge in [0.15, 0.2) is 6.29 Å². The first-order valence-corrected chi connectivity index (χ1v) is 10.8. The first kappa shape index (κ1) is 24.9. The van der Waals surface area contributed by atoms with Crippen molar-refractivity contribution in [2.45, 2.75) is 97.4 Å². The number of nitrogens with zero attached hydrogens (tertiary/aromatic N) is 1. The first-order valence-electron chi connectivity index (χ1n) is 10.8. The molecule has 1 aliphatic carbocycles. The second-order valence-electron chi connectivity index (χ2n) is 8.50. The van der Waals surface area contributed by atoms with Gasteiger partial charge in [0, 0.05) is 25.1 Å². The minimum absolute atomic E-state index is 0.0925. The number of amides is 1. The van der Waals surface area contributed by atoms with Crippen molar-refractivity contribution in [3.8, 4) is 0 Å². The minimum Gasteiger partial charge on any atom is -0.481 e. The van der Waals surface area contributed by atoms with Crippen LogP contribution in [0.1, 0.15) is 79.1 Å². The van der Waals surface area contributed by atoms with Crippen molar-refractivity contribution in [3.05, 3.63) is 0 Å². The standard InChI is InChI=1S/C15H25NO5.C6H15N/c17-11-16(21-14-7-3-4-8-20-14)10-13(15(18)19)9-12-5-1-2-6-12;1-5(2)7-6(3)4/h11-14H,1-10H2,(H,18,19);5-7H,1-4H3/t13-,14?;/m1./s1. The number of carbonyl (C=O) groups excluding carboxylic acids is 1. The summed E-state index contributed by atoms with van der Waals surface area (Å²) in [6, 6.07) is 1.25. The van der Waals surface area contributed by atoms with Gasteiger partial charge in [0.25, 0.3) is 0 Å². The normalized spacial score (nSPS) is 21.3. The Labute approximate surface area is 170 Å². The molecular formula is C21H40N2O5. The van der Waals surface area contributed by atoms with E-state index in [1.165, 1.54) is 12.8 Å². The Kier molecular flexibility index (Phi) is 12.3. The first-order chi connectivity index (χ1) is 13.3. The Balaban J connectivity index is 0.000000480. The monoisotopic (exact) mass is 400 g/mol. The lowest BCUT2D eigenvalue weighted by Crippen LogP contribution is -2.38. The molecule has 1 aliphatic heterocycles. The Morgan fingerprint density at radius 1 is 1.14 bits per heavy atom. The van der Waals surface area contributed by atoms with Gasteiger partial charge < -0.3 is 15.2 Å². The van der Waals surface area contributed by atoms with Gasteiger partial charge in [0.2, 0.25) is 6.41 Å². The molecule has 7 nitrogen and oxygen atoms in total. The molecule has 1 saturated heterocycles. The van der Waals surface area contributed by atoms with Crippen LogP contribution in [0.4, 0.5) is 0 Å². The van der Waals surface area contributed by atoms with Gasteiger partial charge in [-0.25, -0.2) is 9.90 Å². The van der Waals surface area contributed by atoms with E-state index in [4.69, 9.17) is 9.57 Å². The van der Waals surface area contributed by atoms with Crippen molar-refractivity contribution in [2.24, 2.45) is 11.8 Å². The summed E-state index contributed by atoms with van der Waals surface area (Å²) in [6.07, 6.45) is 8.05. The fourth-order valence-corrected chi connectivity index (χ4v) is 3.84. The summed E-state index contributed by atoms with van der Waals surface area (Å²) in [6.45, 7) is 9.33. The number of carbonyl (C=O) groups is 2. The zero-order chi connectivity index (χ0) is 20.9. The van der Waals surface area contributed by atoms with E-state index in [9.17, 15) is 14.7 Å². The van der Waals surface area contributed by atoms with Crippen molar-refractivity contribution in [1.29, 1.82) is 0 Å². The van der Waals surface area contributed by atoms with E-state index in [-0.39, 0.29) is 6.54 Å². The molecule has 0 radical (unpaired) electrons. The summed E-state index contributed by atoms with van der Waals surface area (Å²) in [4.78, 5) is 28.0. The molecule has 0 aromatic rings. The van der Waals surface area contributed by atoms with Gasteiger partial charge >= 0.3 is 5.97 Å². The molecule has 1 heterocycles. The largest absolute Gasteiger partial charge is 0.481 e. The van der Waals surface area contributed by atoms with E-state index < -0.39 is 18.2 Å². The van der Waals surface area contributed by atoms with Gasteiger partial charge in [0.05, 0.1) is 12.5 Å². The lowest BCUT2D eigenvalue weighted by Gasteiger charge is -2.29. The minimum atomic E-state index is -0.859. The molecule has 0 spiro atoms. The third-order valence-corrected chi connectivity index (χ3v) is 5.02. The number of hydroxylamine groups is 2. The molecular weight excluding hydrogens is 360 g/mol. The van der Waals surface area contributed by atoms with Gasteiger partial charge in [-0.3, -0.25) is 9.59 Å². The lowest BCUT2D eigenvalue weighted by molar-refractivity contribution is -0.276. The highest BCUT2D eigenvalue weighted by atomic mass is 16.8. The highest BCUT2D eigenvalue weighted by Crippen LogP contribution is 2.30. The van der Waals surface area contributed by atoms with Crippen LogP contribution in [-0.4, -0.2) is 54.1 Å². The third kappa shape index (κ3) is 11.0. The molecule has 0 aromatic heterocycles. The number of carboxylic acids is 1. The predicted octanol–water partition coefficient (Wildman–Crippen LogP) is 3.58. The Morgan fingerprint density at radius 2 is 1.75 bits per heavy atom. The van der Waals surface area contributed by atoms with Crippen molar-refractivity contribution in [2.75, 3.05) is 13.2 Å². The van der Waals surface area contributed by atoms with E-state index in [2.05, 4.69) is 33.0 Å². The molecule has 0 aromatic carbocycles. The zero-order valence-corrected chi connectivity index (χ0v) is 18.1. The lowest BCUT2D eigenvalue weighted by atomic mass is 9.93. The zero-order valence-electron chi connectivity index (χ0n) is 18.1. The molecule has 2 rings (SSSR count). The van der Waals surface area contributed by atoms with Gasteiger partial charge in [-0.05, 0) is 25.2 Å². The summed E-state index contributed by atoms with van der Waals surface area (Å²) in [7, 11) is 0. The number of nitrogens with one attached hydrogen (secondary N) is 1. The summed E-state index contributed by atoms with van der Waals surface area (Å²) in [5.74, 6) is -0.964. The van der Waals surface area contributed by atoms with E-state index in [1.54, 1.807) is 0 Å². The summed E-state index contributed by atoms with van der Waals surface area (Å²) in [5, 5.41) is 13.8. The van der Waals surface area contributed by atoms with Crippen LogP contribution < -0.4 is 5.32 Å². The molecule has 7 heteroatoms. The Bertz CT molecular complexity index is 427. The van der Waals surface area contributed by atoms with Crippen LogP contribution in [0.25, 0.3) is 0 Å². The smallest absolute Gasteiger partial charge is 0.308 e. The molecule has 164 valence electrons. The van der Waals surface area contributed by atoms with Crippen molar-refractivity contribution < 1.29 is 24.3 Å². The molecule has 1 saturated carbocycles. The average molecular weight is 401 g/mol. The number of ether oxygens (including phenoxy) is 1. The van der Waals surface area contributed by atoms with Crippen LogP contribution in [-0.2, 0) is 19.2 Å². The van der Waals surface area contributed by atoms with Crippen molar-refractivity contribution >= 4 is 12.4 Å². The topological polar surface area (TPSA) is 88.1 Å². The molecule has 1 unspecified atom stereocenters. The Hall–Kier alpha value is -1.18. The number of carboxylic acid groups (broad SMARTS) is 1. The number of rotatable bonds is 10. The van der Waals surface area contributed by atoms with Crippen LogP contribution in [0, 0.1) is 11.8 Å². The summed E-state index contributed by atoms with van der Waals surface area (Å²) < 4.78 is 5.42. The second kappa shape index (κ2) is 13.9. The fourth-order valence-electron chi connectivity index (χ4n) is 3.84. The van der Waals surface area contributed by atoms with E-state index in [1.807, 2.05) is 0 Å². The SMILES string of the molecule is CC(C)NC(C)C.O=CN(C[C@@H](CC1CCCC1)C(=O)O)OC1CCCCO1. The van der Waals surface area contributed by atoms with E-state index in [0.717, 1.165) is 37.2 Å². The number of hydrogen-bond acceptors (Lipinski definition) is 5. The van der Waals surface area contributed by atoms with E-state index in [0.29, 0.717) is 37.4 Å². The van der Waals surface area contributed by atoms with Gasteiger partial charge in [-0.15, -0.1) is 0 Å². The highest BCUT2D eigenvalue weighted by Gasteiger charge is 2.28. The number of hydrogen-bond donors (Lipinski definition) is 2. The summed E-state index contributed by atoms with van der Waals surface area (Å²) >= 11 is 0. The van der Waals surface area contributed by atoms with Crippen LogP contribution in [0.2, 0.25) is 0 Å². The quantitative estimate of drug-likeness (QED) is 0.430. The van der Waals surface area contributed by atoms with Crippen LogP contribution >= 0.6 is 0 Å². The number of aliphatic carboxylic acids is 1. The highest BCUT2D eigenvalue weighted by molar-refractivity contribution is 5.70. The van der Waals surface area contributed by atoms with Gasteiger partial charge in [-0.2, -0.15) is 0 Å². The average Bonchev–Trinajstić information content (AvgIpc) is 3.13. The van der Waals surface area contributed by atoms with Gasteiger partial charge in [-0.1, -0.05) is 53.4 Å². The molecule has 2 atom stereocenters. The third-order valence-electron chi connectivity index (χ3n) is 5.02. The maximum absolute atomic E-state index is 11.4. The van der Waals surface area contributed by atoms with Crippen LogP contribution in [0.15, 0.2) is 0 Å². The van der Waals surface area contributed by atoms with Crippen LogP contribution in [0.3, 0.4) is 0 Å². The predicted molar refractivity (Wildman–Crippen MR) is 109 cm³/mol. The van der Waals surface area contributed by atoms with Crippen molar-refractivity contribution in [1.82, 2.24) is 10.4 Å². The molecule has 28 heavy (non-hydrogen) atoms. The van der Waals surface area contributed by atoms with Crippen molar-refractivity contribution in [3.63, 3.8) is 0 Å². The molecule has 0 bridgehead atoms. The molecule has 2 fully saturated rings. The maximum Gasteiger partial charge on any atom is 0.308 e. The fraction of sp³-hybridized carbons (Fsp3) is 0.905. The molecule has 1 amide bonds. The maximum atomic E-state index is 11.4. The Morgan fingerprint density at radius 3 is 2.18 bits per heavy atom. The van der Waals surface area contributed by atoms with Gasteiger partial charge in [0.1, 0.15) is 0 Å². The summed E-state index contributed by atoms with van der Waals surface area (Å²) in [5.41, 5.74) is 0. The van der Waals surface area contributed by atoms with Crippen LogP contribution in [0.5, 0.6) is 0 Å². The second-order valence-corrected chi connectivity index (χ2v) is 8.50. The molecule has 2 N–H and O–H groups in total. The molecule has 2 aliphatic rings.